The Morgan fingerprint density at radius 3 is 2.14 bits per heavy atom. The van der Waals surface area contributed by atoms with Gasteiger partial charge in [0, 0.05) is 23.6 Å². The zero-order chi connectivity index (χ0) is 31.6. The minimum Gasteiger partial charge on any atom is -0.497 e. The van der Waals surface area contributed by atoms with Crippen molar-refractivity contribution in [3.8, 4) is 5.75 Å². The second-order valence-corrected chi connectivity index (χ2v) is 11.2. The molecule has 2 amide bonds. The van der Waals surface area contributed by atoms with Crippen molar-refractivity contribution < 1.29 is 28.6 Å². The molecule has 10 heteroatoms. The van der Waals surface area contributed by atoms with Gasteiger partial charge in [0.05, 0.1) is 38.4 Å². The summed E-state index contributed by atoms with van der Waals surface area (Å²) >= 11 is 0. The lowest BCUT2D eigenvalue weighted by Crippen LogP contribution is -2.34. The summed E-state index contributed by atoms with van der Waals surface area (Å²) in [5.74, 6) is -0.339. The van der Waals surface area contributed by atoms with E-state index in [1.807, 2.05) is 12.1 Å². The molecule has 236 valence electrons. The summed E-state index contributed by atoms with van der Waals surface area (Å²) in [7, 11) is 4.31. The van der Waals surface area contributed by atoms with E-state index in [9.17, 15) is 14.4 Å². The maximum atomic E-state index is 12.8. The normalized spacial score (nSPS) is 16.3. The smallest absolute Gasteiger partial charge is 0.336 e. The Balaban J connectivity index is 1.27. The van der Waals surface area contributed by atoms with Gasteiger partial charge in [-0.15, -0.1) is 0 Å². The third-order valence-corrected chi connectivity index (χ3v) is 8.39. The van der Waals surface area contributed by atoms with Crippen molar-refractivity contribution in [2.45, 2.75) is 51.4 Å². The van der Waals surface area contributed by atoms with Crippen LogP contribution in [0.5, 0.6) is 5.75 Å². The van der Waals surface area contributed by atoms with Crippen LogP contribution in [0.3, 0.4) is 0 Å². The fourth-order valence-corrected chi connectivity index (χ4v) is 6.11. The third kappa shape index (κ3) is 7.99. The number of nitrogens with one attached hydrogen (secondary N) is 3. The average molecular weight is 605 g/mol. The molecule has 44 heavy (non-hydrogen) atoms. The molecule has 0 atom stereocenters. The van der Waals surface area contributed by atoms with Gasteiger partial charge in [0.1, 0.15) is 5.75 Å². The Kier molecular flexibility index (Phi) is 11.4. The molecule has 1 fully saturated rings. The van der Waals surface area contributed by atoms with Gasteiger partial charge in [-0.05, 0) is 100 Å². The molecule has 0 spiro atoms. The van der Waals surface area contributed by atoms with E-state index < -0.39 is 17.9 Å². The van der Waals surface area contributed by atoms with E-state index in [0.717, 1.165) is 51.1 Å². The minimum absolute atomic E-state index is 0.310. The fraction of sp³-hybridized carbons (Fsp3) is 0.441. The van der Waals surface area contributed by atoms with E-state index in [1.165, 1.54) is 19.8 Å². The lowest BCUT2D eigenvalue weighted by Gasteiger charge is -2.32. The molecule has 2 aromatic rings. The topological polar surface area (TPSA) is 118 Å². The van der Waals surface area contributed by atoms with E-state index >= 15 is 0 Å². The highest BCUT2D eigenvalue weighted by Crippen LogP contribution is 2.39. The highest BCUT2D eigenvalue weighted by molar-refractivity contribution is 6.00. The van der Waals surface area contributed by atoms with Gasteiger partial charge in [-0.25, -0.2) is 14.4 Å². The molecule has 0 aliphatic carbocycles. The number of hydrogen-bond donors (Lipinski definition) is 3. The van der Waals surface area contributed by atoms with Crippen LogP contribution in [0.15, 0.2) is 71.1 Å². The number of hydrogen-bond acceptors (Lipinski definition) is 8. The summed E-state index contributed by atoms with van der Waals surface area (Å²) in [5, 5.41) is 8.91. The molecule has 2 aromatic carbocycles. The number of nitrogens with zero attached hydrogens (tertiary/aromatic N) is 1. The first-order valence-electron chi connectivity index (χ1n) is 15.1. The van der Waals surface area contributed by atoms with Crippen LogP contribution in [0.2, 0.25) is 0 Å². The number of carbonyl (C=O) groups is 3. The number of allylic oxidation sites excluding steroid dienone is 2. The minimum atomic E-state index is -0.721. The zero-order valence-corrected chi connectivity index (χ0v) is 26.3. The summed E-state index contributed by atoms with van der Waals surface area (Å²) < 4.78 is 15.5. The number of esters is 2. The molecule has 2 aliphatic rings. The van der Waals surface area contributed by atoms with Crippen molar-refractivity contribution in [2.75, 3.05) is 52.8 Å². The van der Waals surface area contributed by atoms with Gasteiger partial charge >= 0.3 is 18.0 Å². The number of piperidine rings is 1. The van der Waals surface area contributed by atoms with Crippen LogP contribution in [-0.4, -0.2) is 70.4 Å². The Morgan fingerprint density at radius 1 is 0.864 bits per heavy atom. The Bertz CT molecular complexity index is 1370. The van der Waals surface area contributed by atoms with E-state index in [0.29, 0.717) is 46.3 Å². The molecule has 0 saturated carbocycles. The predicted molar refractivity (Wildman–Crippen MR) is 169 cm³/mol. The van der Waals surface area contributed by atoms with Crippen molar-refractivity contribution in [3.63, 3.8) is 0 Å². The number of rotatable bonds is 11. The van der Waals surface area contributed by atoms with Crippen molar-refractivity contribution in [1.29, 1.82) is 0 Å². The second-order valence-electron chi connectivity index (χ2n) is 11.2. The molecular formula is C34H44N4O6. The molecular weight excluding hydrogens is 560 g/mol. The number of amides is 2. The maximum absolute atomic E-state index is 12.8. The van der Waals surface area contributed by atoms with E-state index in [2.05, 4.69) is 39.0 Å². The highest BCUT2D eigenvalue weighted by atomic mass is 16.5. The van der Waals surface area contributed by atoms with Gasteiger partial charge in [0.2, 0.25) is 0 Å². The number of likely N-dealkylation sites (tertiary alicyclic amines) is 1. The van der Waals surface area contributed by atoms with Gasteiger partial charge < -0.3 is 35.1 Å². The Hall–Kier alpha value is -4.31. The summed E-state index contributed by atoms with van der Waals surface area (Å²) in [6.45, 7) is 7.23. The molecule has 0 aromatic heterocycles. The Morgan fingerprint density at radius 2 is 1.50 bits per heavy atom. The molecule has 4 rings (SSSR count). The van der Waals surface area contributed by atoms with Crippen molar-refractivity contribution >= 4 is 23.7 Å². The van der Waals surface area contributed by atoms with Crippen LogP contribution >= 0.6 is 0 Å². The van der Waals surface area contributed by atoms with Crippen LogP contribution in [0, 0.1) is 0 Å². The van der Waals surface area contributed by atoms with E-state index in [4.69, 9.17) is 14.2 Å². The lowest BCUT2D eigenvalue weighted by atomic mass is 9.80. The predicted octanol–water partition coefficient (Wildman–Crippen LogP) is 5.06. The van der Waals surface area contributed by atoms with Gasteiger partial charge in [0.25, 0.3) is 0 Å². The summed E-state index contributed by atoms with van der Waals surface area (Å²) in [4.78, 5) is 40.8. The fourth-order valence-electron chi connectivity index (χ4n) is 6.11. The average Bonchev–Trinajstić information content (AvgIpc) is 3.04. The summed E-state index contributed by atoms with van der Waals surface area (Å²) in [5.41, 5.74) is 4.34. The van der Waals surface area contributed by atoms with Crippen LogP contribution in [0.1, 0.15) is 62.5 Å². The maximum Gasteiger partial charge on any atom is 0.336 e. The largest absolute Gasteiger partial charge is 0.497 e. The van der Waals surface area contributed by atoms with Gasteiger partial charge in [0.15, 0.2) is 0 Å². The first-order chi connectivity index (χ1) is 21.2. The van der Waals surface area contributed by atoms with Crippen LogP contribution < -0.4 is 20.7 Å². The SMILES string of the molecule is COC(=O)C1=C(C)NC(C)=C(C(=O)OC)C1c1cccc(NC(=O)NCCCCN2CCC(c3cccc(OC)c3)CC2)c1. The molecule has 2 heterocycles. The first kappa shape index (κ1) is 32.6. The zero-order valence-electron chi connectivity index (χ0n) is 26.3. The van der Waals surface area contributed by atoms with Gasteiger partial charge in [-0.3, -0.25) is 0 Å². The number of ether oxygens (including phenoxy) is 3. The van der Waals surface area contributed by atoms with Crippen molar-refractivity contribution in [2.24, 2.45) is 0 Å². The standard InChI is InChI=1S/C34H44N4O6/c1-22-29(32(39)43-4)31(30(23(2)36-22)33(40)44-5)26-11-8-12-27(20-26)37-34(41)35-16-6-7-17-38-18-14-24(15-19-38)25-10-9-13-28(21-25)42-3/h8-13,20-21,24,31,36H,6-7,14-19H2,1-5H3,(H2,35,37,41). The molecule has 10 nitrogen and oxygen atoms in total. The number of carbonyl (C=O) groups excluding carboxylic acids is 3. The molecule has 1 saturated heterocycles. The van der Waals surface area contributed by atoms with Crippen molar-refractivity contribution in [3.05, 3.63) is 82.2 Å². The molecule has 2 aliphatic heterocycles. The number of unbranched alkanes of at least 4 members (excludes halogenated alkanes) is 1. The molecule has 0 unspecified atom stereocenters. The number of anilines is 1. The van der Waals surface area contributed by atoms with Crippen LogP contribution in [-0.2, 0) is 19.1 Å². The second kappa shape index (κ2) is 15.4. The van der Waals surface area contributed by atoms with Gasteiger partial charge in [-0.2, -0.15) is 0 Å². The monoisotopic (exact) mass is 604 g/mol. The summed E-state index contributed by atoms with van der Waals surface area (Å²) in [6.07, 6.45) is 4.14. The molecule has 0 radical (unpaired) electrons. The number of methoxy groups -OCH3 is 3. The van der Waals surface area contributed by atoms with Gasteiger partial charge in [-0.1, -0.05) is 24.3 Å². The first-order valence-corrected chi connectivity index (χ1v) is 15.1. The van der Waals surface area contributed by atoms with Crippen molar-refractivity contribution in [1.82, 2.24) is 15.5 Å². The van der Waals surface area contributed by atoms with Crippen LogP contribution in [0.4, 0.5) is 10.5 Å². The third-order valence-electron chi connectivity index (χ3n) is 8.39. The molecule has 0 bridgehead atoms. The lowest BCUT2D eigenvalue weighted by molar-refractivity contribution is -0.137. The van der Waals surface area contributed by atoms with Crippen LogP contribution in [0.25, 0.3) is 0 Å². The molecule has 3 N–H and O–H groups in total. The number of dihydropyridines is 1. The summed E-state index contributed by atoms with van der Waals surface area (Å²) in [6, 6.07) is 15.2. The van der Waals surface area contributed by atoms with E-state index in [1.54, 1.807) is 39.2 Å². The number of urea groups is 1. The Labute approximate surface area is 259 Å². The highest BCUT2D eigenvalue weighted by Gasteiger charge is 2.37. The number of benzene rings is 2. The van der Waals surface area contributed by atoms with E-state index in [-0.39, 0.29) is 6.03 Å². The quantitative estimate of drug-likeness (QED) is 0.241.